The highest BCUT2D eigenvalue weighted by Crippen LogP contribution is 2.25. The molecular weight excluding hydrogens is 240 g/mol. The van der Waals surface area contributed by atoms with E-state index in [1.807, 2.05) is 12.1 Å². The van der Waals surface area contributed by atoms with Crippen molar-refractivity contribution in [3.05, 3.63) is 23.8 Å². The predicted molar refractivity (Wildman–Crippen MR) is 76.8 cm³/mol. The van der Waals surface area contributed by atoms with Crippen LogP contribution in [0.25, 0.3) is 0 Å². The lowest BCUT2D eigenvalue weighted by Gasteiger charge is -2.40. The van der Waals surface area contributed by atoms with Gasteiger partial charge in [-0.25, -0.2) is 0 Å². The van der Waals surface area contributed by atoms with Crippen molar-refractivity contribution in [2.24, 2.45) is 5.92 Å². The van der Waals surface area contributed by atoms with Gasteiger partial charge in [-0.3, -0.25) is 0 Å². The molecule has 1 unspecified atom stereocenters. The third-order valence-corrected chi connectivity index (χ3v) is 3.91. The lowest BCUT2D eigenvalue weighted by atomic mass is 9.93. The molecule has 1 atom stereocenters. The molecule has 1 aromatic carbocycles. The molecule has 106 valence electrons. The predicted octanol–water partition coefficient (Wildman–Crippen LogP) is 1.74. The molecule has 19 heavy (non-hydrogen) atoms. The summed E-state index contributed by atoms with van der Waals surface area (Å²) in [7, 11) is 5.53. The minimum atomic E-state index is 0.531. The summed E-state index contributed by atoms with van der Waals surface area (Å²) in [6.07, 6.45) is 0. The monoisotopic (exact) mass is 264 g/mol. The Morgan fingerprint density at radius 3 is 2.63 bits per heavy atom. The molecule has 1 N–H and O–H groups in total. The highest BCUT2D eigenvalue weighted by Gasteiger charge is 2.28. The third kappa shape index (κ3) is 3.39. The molecule has 2 rings (SSSR count). The van der Waals surface area contributed by atoms with Gasteiger partial charge in [0.25, 0.3) is 0 Å². The third-order valence-electron chi connectivity index (χ3n) is 3.91. The smallest absolute Gasteiger partial charge is 0.127 e. The Labute approximate surface area is 115 Å². The van der Waals surface area contributed by atoms with Crippen LogP contribution in [0.3, 0.4) is 0 Å². The molecule has 0 radical (unpaired) electrons. The van der Waals surface area contributed by atoms with Gasteiger partial charge in [0, 0.05) is 37.3 Å². The maximum absolute atomic E-state index is 5.41. The van der Waals surface area contributed by atoms with Gasteiger partial charge in [0.15, 0.2) is 0 Å². The minimum Gasteiger partial charge on any atom is -0.497 e. The van der Waals surface area contributed by atoms with Crippen LogP contribution in [0.4, 0.5) is 0 Å². The number of benzene rings is 1. The number of rotatable bonds is 6. The number of nitrogens with zero attached hydrogens (tertiary/aromatic N) is 1. The first kappa shape index (κ1) is 14.2. The van der Waals surface area contributed by atoms with E-state index < -0.39 is 0 Å². The molecule has 0 saturated carbocycles. The van der Waals surface area contributed by atoms with Crippen LogP contribution in [0.2, 0.25) is 0 Å². The molecule has 1 fully saturated rings. The summed E-state index contributed by atoms with van der Waals surface area (Å²) in [5.74, 6) is 2.47. The maximum atomic E-state index is 5.41. The lowest BCUT2D eigenvalue weighted by Crippen LogP contribution is -2.52. The Morgan fingerprint density at radius 2 is 2.05 bits per heavy atom. The van der Waals surface area contributed by atoms with E-state index in [0.29, 0.717) is 6.04 Å². The summed E-state index contributed by atoms with van der Waals surface area (Å²) in [5, 5.41) is 3.59. The van der Waals surface area contributed by atoms with Crippen LogP contribution in [-0.2, 0) is 6.54 Å². The van der Waals surface area contributed by atoms with E-state index in [1.54, 1.807) is 14.2 Å². The maximum Gasteiger partial charge on any atom is 0.127 e. The van der Waals surface area contributed by atoms with Crippen LogP contribution in [0, 0.1) is 5.92 Å². The highest BCUT2D eigenvalue weighted by atomic mass is 16.5. The molecule has 0 spiro atoms. The molecule has 0 amide bonds. The Morgan fingerprint density at radius 1 is 1.32 bits per heavy atom. The van der Waals surface area contributed by atoms with Crippen LogP contribution >= 0.6 is 0 Å². The second kappa shape index (κ2) is 6.26. The first-order valence-corrected chi connectivity index (χ1v) is 6.77. The molecule has 0 aliphatic carbocycles. The number of methoxy groups -OCH3 is 2. The van der Waals surface area contributed by atoms with Gasteiger partial charge in [-0.15, -0.1) is 0 Å². The van der Waals surface area contributed by atoms with Gasteiger partial charge >= 0.3 is 0 Å². The summed E-state index contributed by atoms with van der Waals surface area (Å²) in [5.41, 5.74) is 1.17. The van der Waals surface area contributed by atoms with Crippen molar-refractivity contribution >= 4 is 0 Å². The first-order valence-electron chi connectivity index (χ1n) is 6.77. The van der Waals surface area contributed by atoms with E-state index in [2.05, 4.69) is 30.3 Å². The summed E-state index contributed by atoms with van der Waals surface area (Å²) in [4.78, 5) is 2.34. The molecule has 1 aliphatic heterocycles. The van der Waals surface area contributed by atoms with E-state index in [9.17, 15) is 0 Å². The van der Waals surface area contributed by atoms with E-state index >= 15 is 0 Å². The average Bonchev–Trinajstić information content (AvgIpc) is 2.41. The fraction of sp³-hybridized carbons (Fsp3) is 0.600. The SMILES string of the molecule is COc1ccc(CNC(C)C2CN(C)C2)c(OC)c1. The van der Waals surface area contributed by atoms with Crippen molar-refractivity contribution in [1.29, 1.82) is 0 Å². The van der Waals surface area contributed by atoms with Gasteiger partial charge in [0.1, 0.15) is 11.5 Å². The van der Waals surface area contributed by atoms with Crippen LogP contribution in [-0.4, -0.2) is 45.3 Å². The van der Waals surface area contributed by atoms with Crippen LogP contribution in [0.1, 0.15) is 12.5 Å². The zero-order chi connectivity index (χ0) is 13.8. The van der Waals surface area contributed by atoms with Crippen molar-refractivity contribution in [3.8, 4) is 11.5 Å². The van der Waals surface area contributed by atoms with Crippen LogP contribution < -0.4 is 14.8 Å². The van der Waals surface area contributed by atoms with Crippen molar-refractivity contribution in [2.75, 3.05) is 34.4 Å². The molecular formula is C15H24N2O2. The highest BCUT2D eigenvalue weighted by molar-refractivity contribution is 5.40. The van der Waals surface area contributed by atoms with Crippen molar-refractivity contribution < 1.29 is 9.47 Å². The second-order valence-electron chi connectivity index (χ2n) is 5.33. The second-order valence-corrected chi connectivity index (χ2v) is 5.33. The quantitative estimate of drug-likeness (QED) is 0.848. The molecule has 1 aromatic rings. The summed E-state index contributed by atoms with van der Waals surface area (Å²) in [6.45, 7) is 5.46. The first-order chi connectivity index (χ1) is 9.13. The van der Waals surface area contributed by atoms with Gasteiger partial charge in [0.05, 0.1) is 14.2 Å². The molecule has 0 aromatic heterocycles. The van der Waals surface area contributed by atoms with Gasteiger partial charge in [-0.1, -0.05) is 6.07 Å². The molecule has 1 saturated heterocycles. The van der Waals surface area contributed by atoms with Gasteiger partial charge in [-0.2, -0.15) is 0 Å². The van der Waals surface area contributed by atoms with Gasteiger partial charge < -0.3 is 19.7 Å². The fourth-order valence-electron chi connectivity index (χ4n) is 2.50. The minimum absolute atomic E-state index is 0.531. The van der Waals surface area contributed by atoms with Gasteiger partial charge in [0.2, 0.25) is 0 Å². The van der Waals surface area contributed by atoms with Crippen molar-refractivity contribution in [2.45, 2.75) is 19.5 Å². The van der Waals surface area contributed by atoms with E-state index in [-0.39, 0.29) is 0 Å². The van der Waals surface area contributed by atoms with Gasteiger partial charge in [-0.05, 0) is 26.0 Å². The standard InChI is InChI=1S/C15H24N2O2/c1-11(13-9-17(2)10-13)16-8-12-5-6-14(18-3)7-15(12)19-4/h5-7,11,13,16H,8-10H2,1-4H3. The van der Waals surface area contributed by atoms with Crippen molar-refractivity contribution in [1.82, 2.24) is 10.2 Å². The Hall–Kier alpha value is -1.26. The zero-order valence-electron chi connectivity index (χ0n) is 12.3. The van der Waals surface area contributed by atoms with Crippen LogP contribution in [0.5, 0.6) is 11.5 Å². The normalized spacial score (nSPS) is 17.9. The number of hydrogen-bond donors (Lipinski definition) is 1. The summed E-state index contributed by atoms with van der Waals surface area (Å²) < 4.78 is 10.6. The molecule has 4 nitrogen and oxygen atoms in total. The zero-order valence-corrected chi connectivity index (χ0v) is 12.3. The average molecular weight is 264 g/mol. The topological polar surface area (TPSA) is 33.7 Å². The van der Waals surface area contributed by atoms with E-state index in [4.69, 9.17) is 9.47 Å². The largest absolute Gasteiger partial charge is 0.497 e. The lowest BCUT2D eigenvalue weighted by molar-refractivity contribution is 0.104. The Bertz CT molecular complexity index is 417. The fourth-order valence-corrected chi connectivity index (χ4v) is 2.50. The Kier molecular flexibility index (Phi) is 4.66. The summed E-state index contributed by atoms with van der Waals surface area (Å²) >= 11 is 0. The van der Waals surface area contributed by atoms with Crippen LogP contribution in [0.15, 0.2) is 18.2 Å². The number of hydrogen-bond acceptors (Lipinski definition) is 4. The Balaban J connectivity index is 1.91. The molecule has 0 bridgehead atoms. The van der Waals surface area contributed by atoms with E-state index in [1.165, 1.54) is 18.7 Å². The van der Waals surface area contributed by atoms with Crippen molar-refractivity contribution in [3.63, 3.8) is 0 Å². The molecule has 1 heterocycles. The number of ether oxygens (including phenoxy) is 2. The molecule has 1 aliphatic rings. The number of nitrogens with one attached hydrogen (secondary N) is 1. The summed E-state index contributed by atoms with van der Waals surface area (Å²) in [6, 6.07) is 6.49. The number of likely N-dealkylation sites (tertiary alicyclic amines) is 1. The van der Waals surface area contributed by atoms with E-state index in [0.717, 1.165) is 24.0 Å². The molecule has 4 heteroatoms.